The van der Waals surface area contributed by atoms with Crippen LogP contribution in [-0.2, 0) is 9.53 Å². The van der Waals surface area contributed by atoms with Crippen LogP contribution in [0.1, 0.15) is 13.8 Å². The fourth-order valence-corrected chi connectivity index (χ4v) is 1.65. The minimum absolute atomic E-state index is 0.0219. The van der Waals surface area contributed by atoms with Crippen molar-refractivity contribution >= 4 is 23.6 Å². The van der Waals surface area contributed by atoms with E-state index in [-0.39, 0.29) is 11.8 Å². The highest BCUT2D eigenvalue weighted by Crippen LogP contribution is 2.32. The Morgan fingerprint density at radius 3 is 2.40 bits per heavy atom. The molecule has 0 spiro atoms. The van der Waals surface area contributed by atoms with Crippen molar-refractivity contribution < 1.29 is 14.7 Å². The molecule has 1 atom stereocenters. The number of carbonyl (C=O) groups excluding carboxylic acids is 1. The smallest absolute Gasteiger partial charge is 0.239 e. The number of nitrogens with one attached hydrogen (secondary N) is 1. The van der Waals surface area contributed by atoms with Gasteiger partial charge in [0, 0.05) is 11.8 Å². The lowest BCUT2D eigenvalue weighted by molar-refractivity contribution is -0.123. The molecule has 5 nitrogen and oxygen atoms in total. The van der Waals surface area contributed by atoms with Crippen LogP contribution in [0.4, 0.5) is 0 Å². The Morgan fingerprint density at radius 1 is 1.60 bits per heavy atom. The van der Waals surface area contributed by atoms with Crippen LogP contribution in [0.3, 0.4) is 0 Å². The quantitative estimate of drug-likeness (QED) is 0.328. The van der Waals surface area contributed by atoms with Gasteiger partial charge in [0.15, 0.2) is 0 Å². The predicted octanol–water partition coefficient (Wildman–Crippen LogP) is 0.924. The molecule has 0 radical (unpaired) electrons. The van der Waals surface area contributed by atoms with E-state index >= 15 is 0 Å². The van der Waals surface area contributed by atoms with Gasteiger partial charge in [-0.15, -0.1) is 0 Å². The van der Waals surface area contributed by atoms with Crippen LogP contribution in [-0.4, -0.2) is 42.2 Å². The monoisotopic (exact) mass is 234 g/mol. The topological polar surface area (TPSA) is 70.9 Å². The molecule has 6 heteroatoms. The van der Waals surface area contributed by atoms with Crippen molar-refractivity contribution in [3.05, 3.63) is 0 Å². The average Bonchev–Trinajstić information content (AvgIpc) is 2.24. The first-order valence-electron chi connectivity index (χ1n) is 4.47. The Morgan fingerprint density at radius 2 is 2.13 bits per heavy atom. The summed E-state index contributed by atoms with van der Waals surface area (Å²) in [6.07, 6.45) is 1.89. The first-order valence-corrected chi connectivity index (χ1v) is 5.69. The number of oxime groups is 1. The summed E-state index contributed by atoms with van der Waals surface area (Å²) in [5, 5.41) is 14.3. The molecule has 1 amide bonds. The molecule has 15 heavy (non-hydrogen) atoms. The Bertz CT molecular complexity index is 254. The van der Waals surface area contributed by atoms with Crippen molar-refractivity contribution in [1.82, 2.24) is 5.32 Å². The van der Waals surface area contributed by atoms with E-state index in [4.69, 9.17) is 9.94 Å². The number of carbonyl (C=O) groups is 1. The lowest BCUT2D eigenvalue weighted by Crippen LogP contribution is -2.45. The lowest BCUT2D eigenvalue weighted by Gasteiger charge is -2.30. The highest BCUT2D eigenvalue weighted by atomic mass is 32.2. The van der Waals surface area contributed by atoms with Crippen LogP contribution < -0.4 is 5.32 Å². The Balaban J connectivity index is 5.14. The highest BCUT2D eigenvalue weighted by Gasteiger charge is 2.39. The molecule has 0 fully saturated rings. The van der Waals surface area contributed by atoms with E-state index in [1.165, 1.54) is 25.9 Å². The maximum absolute atomic E-state index is 11.7. The first-order chi connectivity index (χ1) is 6.94. The Labute approximate surface area is 94.3 Å². The van der Waals surface area contributed by atoms with Crippen molar-refractivity contribution in [2.75, 3.05) is 20.4 Å². The maximum Gasteiger partial charge on any atom is 0.239 e. The molecule has 0 aromatic carbocycles. The molecule has 0 aliphatic rings. The second-order valence-corrected chi connectivity index (χ2v) is 4.96. The molecule has 0 aliphatic heterocycles. The summed E-state index contributed by atoms with van der Waals surface area (Å²) in [7, 11) is 2.91. The number of rotatable bonds is 4. The summed E-state index contributed by atoms with van der Waals surface area (Å²) >= 11 is 1.51. The lowest BCUT2D eigenvalue weighted by atomic mass is 9.93. The highest BCUT2D eigenvalue weighted by molar-refractivity contribution is 8.00. The van der Waals surface area contributed by atoms with E-state index in [9.17, 15) is 4.79 Å². The zero-order chi connectivity index (χ0) is 12.1. The second kappa shape index (κ2) is 5.85. The molecule has 0 bridgehead atoms. The molecule has 2 N–H and O–H groups in total. The van der Waals surface area contributed by atoms with Gasteiger partial charge in [0.2, 0.25) is 11.8 Å². The van der Waals surface area contributed by atoms with Gasteiger partial charge in [-0.3, -0.25) is 4.79 Å². The number of methoxy groups -OCH3 is 1. The van der Waals surface area contributed by atoms with Crippen LogP contribution in [0.25, 0.3) is 0 Å². The van der Waals surface area contributed by atoms with Gasteiger partial charge in [0.1, 0.15) is 5.92 Å². The molecule has 88 valence electrons. The van der Waals surface area contributed by atoms with E-state index in [1.54, 1.807) is 0 Å². The van der Waals surface area contributed by atoms with Crippen molar-refractivity contribution in [3.8, 4) is 0 Å². The number of nitrogens with zero attached hydrogens (tertiary/aromatic N) is 1. The molecule has 0 saturated carbocycles. The zero-order valence-electron chi connectivity index (χ0n) is 9.70. The molecule has 0 heterocycles. The van der Waals surface area contributed by atoms with Crippen molar-refractivity contribution in [2.45, 2.75) is 18.6 Å². The minimum atomic E-state index is -0.618. The molecule has 0 aromatic heterocycles. The molecule has 0 aromatic rings. The van der Waals surface area contributed by atoms with Gasteiger partial charge in [-0.1, -0.05) is 5.16 Å². The van der Waals surface area contributed by atoms with Crippen LogP contribution >= 0.6 is 11.8 Å². The first kappa shape index (κ1) is 14.1. The predicted molar refractivity (Wildman–Crippen MR) is 61.4 cm³/mol. The number of hydrogen-bond acceptors (Lipinski definition) is 5. The third-order valence-electron chi connectivity index (χ3n) is 2.28. The molecular weight excluding hydrogens is 216 g/mol. The van der Waals surface area contributed by atoms with Crippen LogP contribution in [0.5, 0.6) is 0 Å². The van der Waals surface area contributed by atoms with E-state index in [1.807, 2.05) is 20.1 Å². The Hall–Kier alpha value is -0.910. The maximum atomic E-state index is 11.7. The standard InChI is InChI=1S/C9H18N2O3S/c1-9(2,15-5)6(7(12)10-3)8(11-13)14-4/h6,13H,1-5H3,(H,10,12). The summed E-state index contributed by atoms with van der Waals surface area (Å²) in [5.41, 5.74) is 0. The number of thioether (sulfide) groups is 1. The molecule has 0 aliphatic carbocycles. The Kier molecular flexibility index (Phi) is 5.49. The molecular formula is C9H18N2O3S. The summed E-state index contributed by atoms with van der Waals surface area (Å²) in [6.45, 7) is 3.78. The number of ether oxygens (including phenoxy) is 1. The van der Waals surface area contributed by atoms with Gasteiger partial charge in [-0.2, -0.15) is 11.8 Å². The zero-order valence-corrected chi connectivity index (χ0v) is 10.5. The van der Waals surface area contributed by atoms with Crippen molar-refractivity contribution in [3.63, 3.8) is 0 Å². The minimum Gasteiger partial charge on any atom is -0.481 e. The van der Waals surface area contributed by atoms with E-state index in [2.05, 4.69) is 10.5 Å². The third-order valence-corrected chi connectivity index (χ3v) is 3.57. The van der Waals surface area contributed by atoms with E-state index in [0.717, 1.165) is 0 Å². The summed E-state index contributed by atoms with van der Waals surface area (Å²) in [5.74, 6) is -0.829. The van der Waals surface area contributed by atoms with Crippen molar-refractivity contribution in [2.24, 2.45) is 11.1 Å². The normalized spacial score (nSPS) is 14.6. The second-order valence-electron chi connectivity index (χ2n) is 3.50. The van der Waals surface area contributed by atoms with Crippen LogP contribution in [0.15, 0.2) is 5.16 Å². The molecule has 0 saturated heterocycles. The van der Waals surface area contributed by atoms with Gasteiger partial charge in [-0.05, 0) is 20.1 Å². The van der Waals surface area contributed by atoms with Gasteiger partial charge < -0.3 is 15.3 Å². The fourth-order valence-electron chi connectivity index (χ4n) is 1.20. The fraction of sp³-hybridized carbons (Fsp3) is 0.778. The average molecular weight is 234 g/mol. The van der Waals surface area contributed by atoms with E-state index < -0.39 is 10.7 Å². The number of hydrogen-bond donors (Lipinski definition) is 2. The van der Waals surface area contributed by atoms with E-state index in [0.29, 0.717) is 0 Å². The van der Waals surface area contributed by atoms with Gasteiger partial charge in [-0.25, -0.2) is 0 Å². The van der Waals surface area contributed by atoms with Crippen LogP contribution in [0.2, 0.25) is 0 Å². The summed E-state index contributed by atoms with van der Waals surface area (Å²) < 4.78 is 4.49. The van der Waals surface area contributed by atoms with Gasteiger partial charge in [0.05, 0.1) is 7.11 Å². The van der Waals surface area contributed by atoms with Gasteiger partial charge >= 0.3 is 0 Å². The van der Waals surface area contributed by atoms with Crippen molar-refractivity contribution in [1.29, 1.82) is 0 Å². The molecule has 0 rings (SSSR count). The van der Waals surface area contributed by atoms with Gasteiger partial charge in [0.25, 0.3) is 0 Å². The molecule has 1 unspecified atom stereocenters. The third kappa shape index (κ3) is 3.30. The SMILES string of the molecule is CNC(=O)C(C(=NO)OC)C(C)(C)SC. The largest absolute Gasteiger partial charge is 0.481 e. The van der Waals surface area contributed by atoms with Crippen LogP contribution in [0, 0.1) is 5.92 Å². The summed E-state index contributed by atoms with van der Waals surface area (Å²) in [4.78, 5) is 11.7. The number of amides is 1. The summed E-state index contributed by atoms with van der Waals surface area (Å²) in [6, 6.07) is 0.